The predicted octanol–water partition coefficient (Wildman–Crippen LogP) is 1.43. The fourth-order valence-electron chi connectivity index (χ4n) is 3.02. The number of carbonyl (C=O) groups is 1. The zero-order chi connectivity index (χ0) is 20.4. The van der Waals surface area contributed by atoms with Crippen LogP contribution in [0, 0.1) is 20.8 Å². The Labute approximate surface area is 161 Å². The maximum absolute atomic E-state index is 12.8. The quantitative estimate of drug-likeness (QED) is 0.690. The van der Waals surface area contributed by atoms with Crippen molar-refractivity contribution in [2.24, 2.45) is 7.05 Å². The summed E-state index contributed by atoms with van der Waals surface area (Å²) in [4.78, 5) is 36.3. The van der Waals surface area contributed by atoms with Gasteiger partial charge in [0.15, 0.2) is 0 Å². The average molecular weight is 382 g/mol. The molecule has 0 aromatic carbocycles. The molecule has 0 bridgehead atoms. The van der Waals surface area contributed by atoms with Gasteiger partial charge in [0.1, 0.15) is 5.69 Å². The Morgan fingerprint density at radius 3 is 2.64 bits per heavy atom. The van der Waals surface area contributed by atoms with Gasteiger partial charge in [-0.2, -0.15) is 15.1 Å². The van der Waals surface area contributed by atoms with Crippen molar-refractivity contribution in [3.8, 4) is 17.4 Å². The summed E-state index contributed by atoms with van der Waals surface area (Å²) >= 11 is 0. The largest absolute Gasteiger partial charge is 0.467 e. The van der Waals surface area contributed by atoms with Crippen LogP contribution in [0.25, 0.3) is 11.4 Å². The van der Waals surface area contributed by atoms with Crippen LogP contribution < -0.4 is 15.6 Å². The van der Waals surface area contributed by atoms with Crippen LogP contribution >= 0.6 is 0 Å². The summed E-state index contributed by atoms with van der Waals surface area (Å²) in [5.41, 5.74) is 3.94. The van der Waals surface area contributed by atoms with Crippen molar-refractivity contribution in [3.63, 3.8) is 0 Å². The molecule has 0 unspecified atom stereocenters. The summed E-state index contributed by atoms with van der Waals surface area (Å²) in [6.07, 6.45) is 1.65. The molecule has 3 heterocycles. The number of aromatic amines is 1. The number of nitrogens with zero attached hydrogens (tertiary/aromatic N) is 4. The molecule has 3 rings (SSSR count). The number of hydrogen-bond donors (Lipinski definition) is 2. The van der Waals surface area contributed by atoms with E-state index >= 15 is 0 Å². The molecule has 0 aliphatic carbocycles. The van der Waals surface area contributed by atoms with Gasteiger partial charge in [0.2, 0.25) is 0 Å². The second-order valence-corrected chi connectivity index (χ2v) is 6.50. The minimum Gasteiger partial charge on any atom is -0.467 e. The first kappa shape index (κ1) is 19.3. The highest BCUT2D eigenvalue weighted by Crippen LogP contribution is 2.24. The number of nitrogens with one attached hydrogen (secondary N) is 2. The summed E-state index contributed by atoms with van der Waals surface area (Å²) in [5.74, 6) is -0.416. The van der Waals surface area contributed by atoms with Crippen LogP contribution in [0.3, 0.4) is 0 Å². The van der Waals surface area contributed by atoms with Crippen molar-refractivity contribution < 1.29 is 9.53 Å². The number of aromatic nitrogens is 5. The summed E-state index contributed by atoms with van der Waals surface area (Å²) in [7, 11) is 3.23. The lowest BCUT2D eigenvalue weighted by Crippen LogP contribution is -2.29. The molecule has 0 saturated heterocycles. The van der Waals surface area contributed by atoms with Gasteiger partial charge in [-0.1, -0.05) is 0 Å². The zero-order valence-corrected chi connectivity index (χ0v) is 16.5. The highest BCUT2D eigenvalue weighted by atomic mass is 16.5. The van der Waals surface area contributed by atoms with Crippen molar-refractivity contribution in [1.29, 1.82) is 0 Å². The lowest BCUT2D eigenvalue weighted by Gasteiger charge is -2.13. The first-order chi connectivity index (χ1) is 13.3. The molecule has 0 aliphatic rings. The van der Waals surface area contributed by atoms with Gasteiger partial charge in [-0.05, 0) is 38.5 Å². The summed E-state index contributed by atoms with van der Waals surface area (Å²) in [5, 5.41) is 6.91. The van der Waals surface area contributed by atoms with E-state index in [2.05, 4.69) is 25.4 Å². The van der Waals surface area contributed by atoms with Crippen LogP contribution in [0.4, 0.5) is 0 Å². The van der Waals surface area contributed by atoms with E-state index in [1.54, 1.807) is 30.9 Å². The Bertz CT molecular complexity index is 1100. The molecule has 28 heavy (non-hydrogen) atoms. The predicted molar refractivity (Wildman–Crippen MR) is 103 cm³/mol. The first-order valence-electron chi connectivity index (χ1n) is 8.70. The van der Waals surface area contributed by atoms with E-state index in [1.165, 1.54) is 7.11 Å². The highest BCUT2D eigenvalue weighted by Gasteiger charge is 2.20. The first-order valence-corrected chi connectivity index (χ1v) is 8.70. The monoisotopic (exact) mass is 382 g/mol. The van der Waals surface area contributed by atoms with Crippen LogP contribution in [-0.2, 0) is 13.6 Å². The van der Waals surface area contributed by atoms with Crippen molar-refractivity contribution in [2.75, 3.05) is 7.11 Å². The summed E-state index contributed by atoms with van der Waals surface area (Å²) < 4.78 is 6.82. The topological polar surface area (TPSA) is 115 Å². The van der Waals surface area contributed by atoms with Gasteiger partial charge in [0.25, 0.3) is 11.5 Å². The molecular weight excluding hydrogens is 360 g/mol. The minimum absolute atomic E-state index is 0.0799. The third-order valence-electron chi connectivity index (χ3n) is 4.51. The van der Waals surface area contributed by atoms with Crippen LogP contribution in [0.15, 0.2) is 23.1 Å². The molecule has 0 fully saturated rings. The summed E-state index contributed by atoms with van der Waals surface area (Å²) in [6, 6.07) is 3.74. The Balaban J connectivity index is 1.94. The van der Waals surface area contributed by atoms with Gasteiger partial charge in [-0.25, -0.2) is 0 Å². The number of rotatable bonds is 5. The second kappa shape index (κ2) is 7.63. The smallest absolute Gasteiger partial charge is 0.317 e. The molecule has 0 saturated carbocycles. The minimum atomic E-state index is -0.416. The molecule has 3 aromatic heterocycles. The lowest BCUT2D eigenvalue weighted by atomic mass is 10.1. The second-order valence-electron chi connectivity index (χ2n) is 6.50. The Kier molecular flexibility index (Phi) is 5.25. The molecule has 2 N–H and O–H groups in total. The van der Waals surface area contributed by atoms with Gasteiger partial charge < -0.3 is 15.0 Å². The van der Waals surface area contributed by atoms with Crippen LogP contribution in [0.1, 0.15) is 32.9 Å². The average Bonchev–Trinajstić information content (AvgIpc) is 3.06. The fourth-order valence-corrected chi connectivity index (χ4v) is 3.02. The van der Waals surface area contributed by atoms with Gasteiger partial charge >= 0.3 is 6.01 Å². The van der Waals surface area contributed by atoms with Crippen LogP contribution in [0.2, 0.25) is 0 Å². The van der Waals surface area contributed by atoms with E-state index in [0.717, 1.165) is 17.0 Å². The van der Waals surface area contributed by atoms with E-state index in [-0.39, 0.29) is 23.8 Å². The van der Waals surface area contributed by atoms with E-state index in [4.69, 9.17) is 4.74 Å². The molecule has 0 spiro atoms. The fraction of sp³-hybridized carbons (Fsp3) is 0.316. The van der Waals surface area contributed by atoms with Gasteiger partial charge in [0, 0.05) is 36.6 Å². The van der Waals surface area contributed by atoms with E-state index < -0.39 is 5.91 Å². The molecule has 1 amide bonds. The van der Waals surface area contributed by atoms with Crippen molar-refractivity contribution in [2.45, 2.75) is 27.3 Å². The van der Waals surface area contributed by atoms with Crippen molar-refractivity contribution >= 4 is 5.91 Å². The number of methoxy groups -OCH3 is 1. The maximum atomic E-state index is 12.8. The number of pyridine rings is 1. The summed E-state index contributed by atoms with van der Waals surface area (Å²) in [6.45, 7) is 5.50. The molecule has 3 aromatic rings. The molecule has 0 atom stereocenters. The van der Waals surface area contributed by atoms with Gasteiger partial charge in [0.05, 0.1) is 18.5 Å². The van der Waals surface area contributed by atoms with Crippen LogP contribution in [-0.4, -0.2) is 37.7 Å². The SMILES string of the molecule is COc1nc(C(=O)NCc2c(C)cc(C)[nH]c2=O)c(C)c(-c2ccnn2C)n1. The number of carbonyl (C=O) groups excluding carboxylic acids is 1. The number of ether oxygens (including phenoxy) is 1. The van der Waals surface area contributed by atoms with E-state index in [9.17, 15) is 9.59 Å². The van der Waals surface area contributed by atoms with E-state index in [0.29, 0.717) is 16.8 Å². The number of aryl methyl sites for hydroxylation is 3. The van der Waals surface area contributed by atoms with Gasteiger partial charge in [-0.3, -0.25) is 14.3 Å². The normalized spacial score (nSPS) is 10.8. The van der Waals surface area contributed by atoms with Crippen molar-refractivity contribution in [1.82, 2.24) is 30.0 Å². The third kappa shape index (κ3) is 3.64. The molecule has 146 valence electrons. The number of hydrogen-bond acceptors (Lipinski definition) is 6. The van der Waals surface area contributed by atoms with Gasteiger partial charge in [-0.15, -0.1) is 0 Å². The standard InChI is InChI=1S/C19H22N6O3/c1-10-8-11(2)22-17(26)13(10)9-20-18(27)16-12(3)15(23-19(24-16)28-5)14-6-7-21-25(14)4/h6-8H,9H2,1-5H3,(H,20,27)(H,22,26). The van der Waals surface area contributed by atoms with Crippen LogP contribution in [0.5, 0.6) is 6.01 Å². The molecular formula is C19H22N6O3. The Morgan fingerprint density at radius 2 is 2.04 bits per heavy atom. The molecule has 9 heteroatoms. The lowest BCUT2D eigenvalue weighted by molar-refractivity contribution is 0.0944. The number of amides is 1. The van der Waals surface area contributed by atoms with E-state index in [1.807, 2.05) is 19.9 Å². The Hall–Kier alpha value is -3.49. The molecule has 0 aliphatic heterocycles. The zero-order valence-electron chi connectivity index (χ0n) is 16.5. The third-order valence-corrected chi connectivity index (χ3v) is 4.51. The molecule has 0 radical (unpaired) electrons. The highest BCUT2D eigenvalue weighted by molar-refractivity contribution is 5.95. The Morgan fingerprint density at radius 1 is 1.29 bits per heavy atom. The number of H-pyrrole nitrogens is 1. The maximum Gasteiger partial charge on any atom is 0.317 e. The van der Waals surface area contributed by atoms with Crippen molar-refractivity contribution in [3.05, 3.63) is 56.8 Å². The molecule has 9 nitrogen and oxygen atoms in total.